The Labute approximate surface area is 111 Å². The Bertz CT molecular complexity index is 556. The molecule has 0 aliphatic heterocycles. The van der Waals surface area contributed by atoms with Gasteiger partial charge in [-0.1, -0.05) is 11.8 Å². The molecule has 4 nitrogen and oxygen atoms in total. The van der Waals surface area contributed by atoms with Crippen LogP contribution in [0.25, 0.3) is 11.1 Å². The number of thioether (sulfide) groups is 1. The minimum Gasteiger partial charge on any atom is -0.431 e. The SMILES string of the molecule is Nc1ccc2nc(SCCOCC(F)(F)F)oc2c1. The van der Waals surface area contributed by atoms with Crippen LogP contribution in [0.4, 0.5) is 18.9 Å². The molecule has 1 aromatic carbocycles. The Hall–Kier alpha value is -1.41. The van der Waals surface area contributed by atoms with Crippen LogP contribution in [-0.4, -0.2) is 30.1 Å². The molecule has 0 atom stereocenters. The number of ether oxygens (including phenoxy) is 1. The van der Waals surface area contributed by atoms with Gasteiger partial charge in [-0.15, -0.1) is 0 Å². The van der Waals surface area contributed by atoms with Crippen LogP contribution in [0.2, 0.25) is 0 Å². The fourth-order valence-electron chi connectivity index (χ4n) is 1.36. The molecule has 0 amide bonds. The molecule has 0 unspecified atom stereocenters. The molecule has 2 N–H and O–H groups in total. The van der Waals surface area contributed by atoms with Crippen molar-refractivity contribution < 1.29 is 22.3 Å². The monoisotopic (exact) mass is 292 g/mol. The lowest BCUT2D eigenvalue weighted by atomic mass is 10.3. The average molecular weight is 292 g/mol. The summed E-state index contributed by atoms with van der Waals surface area (Å²) in [6.45, 7) is -1.26. The van der Waals surface area contributed by atoms with Gasteiger partial charge in [-0.05, 0) is 12.1 Å². The van der Waals surface area contributed by atoms with Gasteiger partial charge in [0.25, 0.3) is 5.22 Å². The molecule has 0 saturated heterocycles. The van der Waals surface area contributed by atoms with Gasteiger partial charge in [0.05, 0.1) is 6.61 Å². The second-order valence-electron chi connectivity index (χ2n) is 3.72. The molecule has 1 heterocycles. The fourth-order valence-corrected chi connectivity index (χ4v) is 2.05. The highest BCUT2D eigenvalue weighted by Gasteiger charge is 2.27. The van der Waals surface area contributed by atoms with E-state index in [9.17, 15) is 13.2 Å². The van der Waals surface area contributed by atoms with Gasteiger partial charge in [0.1, 0.15) is 12.1 Å². The number of fused-ring (bicyclic) bond motifs is 1. The lowest BCUT2D eigenvalue weighted by molar-refractivity contribution is -0.172. The molecule has 0 saturated carbocycles. The number of oxazole rings is 1. The summed E-state index contributed by atoms with van der Waals surface area (Å²) in [6.07, 6.45) is -4.29. The number of halogens is 3. The molecule has 1 aromatic heterocycles. The molecule has 0 fully saturated rings. The number of hydrogen-bond donors (Lipinski definition) is 1. The average Bonchev–Trinajstić information content (AvgIpc) is 2.68. The summed E-state index contributed by atoms with van der Waals surface area (Å²) < 4.78 is 45.3. The highest BCUT2D eigenvalue weighted by molar-refractivity contribution is 7.99. The number of alkyl halides is 3. The highest BCUT2D eigenvalue weighted by Crippen LogP contribution is 2.24. The zero-order valence-corrected chi connectivity index (χ0v) is 10.6. The standard InChI is InChI=1S/C11H11F3N2O2S/c12-11(13,14)6-17-3-4-19-10-16-8-2-1-7(15)5-9(8)18-10/h1-2,5H,3-4,6,15H2. The predicted molar refractivity (Wildman–Crippen MR) is 66.0 cm³/mol. The van der Waals surface area contributed by atoms with Gasteiger partial charge in [0, 0.05) is 17.5 Å². The number of nitrogens with zero attached hydrogens (tertiary/aromatic N) is 1. The van der Waals surface area contributed by atoms with Gasteiger partial charge in [0.15, 0.2) is 5.58 Å². The van der Waals surface area contributed by atoms with Gasteiger partial charge in [-0.3, -0.25) is 0 Å². The molecule has 0 radical (unpaired) electrons. The minimum absolute atomic E-state index is 0.0228. The van der Waals surface area contributed by atoms with Crippen molar-refractivity contribution in [1.29, 1.82) is 0 Å². The zero-order valence-electron chi connectivity index (χ0n) is 9.74. The van der Waals surface area contributed by atoms with Crippen molar-refractivity contribution in [1.82, 2.24) is 4.98 Å². The van der Waals surface area contributed by atoms with E-state index in [-0.39, 0.29) is 6.61 Å². The lowest BCUT2D eigenvalue weighted by Gasteiger charge is -2.06. The maximum absolute atomic E-state index is 11.8. The first-order valence-electron chi connectivity index (χ1n) is 5.37. The van der Waals surface area contributed by atoms with E-state index < -0.39 is 12.8 Å². The molecule has 2 aromatic rings. The Morgan fingerprint density at radius 1 is 1.37 bits per heavy atom. The summed E-state index contributed by atoms with van der Waals surface area (Å²) >= 11 is 1.19. The molecule has 0 aliphatic carbocycles. The number of hydrogen-bond acceptors (Lipinski definition) is 5. The molecule has 8 heteroatoms. The van der Waals surface area contributed by atoms with Crippen LogP contribution in [0.15, 0.2) is 27.8 Å². The first-order chi connectivity index (χ1) is 8.94. The molecular formula is C11H11F3N2O2S. The van der Waals surface area contributed by atoms with Crippen molar-refractivity contribution in [3.05, 3.63) is 18.2 Å². The van der Waals surface area contributed by atoms with Crippen molar-refractivity contribution in [2.24, 2.45) is 0 Å². The van der Waals surface area contributed by atoms with Crippen molar-refractivity contribution in [2.75, 3.05) is 24.7 Å². The maximum Gasteiger partial charge on any atom is 0.411 e. The van der Waals surface area contributed by atoms with Crippen LogP contribution in [-0.2, 0) is 4.74 Å². The van der Waals surface area contributed by atoms with E-state index >= 15 is 0 Å². The summed E-state index contributed by atoms with van der Waals surface area (Å²) in [6, 6.07) is 5.07. The Kier molecular flexibility index (Phi) is 4.20. The molecule has 104 valence electrons. The van der Waals surface area contributed by atoms with Crippen LogP contribution >= 0.6 is 11.8 Å². The first-order valence-corrected chi connectivity index (χ1v) is 6.36. The number of benzene rings is 1. The quantitative estimate of drug-likeness (QED) is 0.521. The van der Waals surface area contributed by atoms with Crippen molar-refractivity contribution >= 4 is 28.5 Å². The molecule has 2 rings (SSSR count). The normalized spacial score (nSPS) is 12.2. The third kappa shape index (κ3) is 4.32. The van der Waals surface area contributed by atoms with E-state index in [0.717, 1.165) is 0 Å². The predicted octanol–water partition coefficient (Wildman–Crippen LogP) is 3.08. The molecule has 0 spiro atoms. The number of aromatic nitrogens is 1. The van der Waals surface area contributed by atoms with Crippen molar-refractivity contribution in [2.45, 2.75) is 11.4 Å². The van der Waals surface area contributed by atoms with E-state index in [4.69, 9.17) is 10.2 Å². The summed E-state index contributed by atoms with van der Waals surface area (Å²) in [5, 5.41) is 0.385. The van der Waals surface area contributed by atoms with Gasteiger partial charge < -0.3 is 14.9 Å². The Morgan fingerprint density at radius 2 is 2.16 bits per heavy atom. The topological polar surface area (TPSA) is 61.3 Å². The molecular weight excluding hydrogens is 281 g/mol. The van der Waals surface area contributed by atoms with E-state index in [1.165, 1.54) is 11.8 Å². The van der Waals surface area contributed by atoms with Gasteiger partial charge in [0.2, 0.25) is 0 Å². The second-order valence-corrected chi connectivity index (χ2v) is 4.77. The highest BCUT2D eigenvalue weighted by atomic mass is 32.2. The third-order valence-corrected chi connectivity index (χ3v) is 2.90. The van der Waals surface area contributed by atoms with Gasteiger partial charge in [-0.2, -0.15) is 13.2 Å². The van der Waals surface area contributed by atoms with Crippen molar-refractivity contribution in [3.63, 3.8) is 0 Å². The van der Waals surface area contributed by atoms with Gasteiger partial charge >= 0.3 is 6.18 Å². The van der Waals surface area contributed by atoms with Crippen LogP contribution in [0.3, 0.4) is 0 Å². The van der Waals surface area contributed by atoms with Gasteiger partial charge in [-0.25, -0.2) is 4.98 Å². The minimum atomic E-state index is -4.29. The molecule has 0 aliphatic rings. The van der Waals surface area contributed by atoms with Crippen LogP contribution < -0.4 is 5.73 Å². The maximum atomic E-state index is 11.8. The van der Waals surface area contributed by atoms with E-state index in [1.54, 1.807) is 18.2 Å². The number of nitrogen functional groups attached to an aromatic ring is 1. The second kappa shape index (κ2) is 5.70. The summed E-state index contributed by atoms with van der Waals surface area (Å²) in [7, 11) is 0. The Balaban J connectivity index is 1.82. The van der Waals surface area contributed by atoms with Crippen LogP contribution in [0, 0.1) is 0 Å². The first kappa shape index (κ1) is 14.0. The van der Waals surface area contributed by atoms with E-state index in [1.807, 2.05) is 0 Å². The summed E-state index contributed by atoms with van der Waals surface area (Å²) in [5.74, 6) is 0.332. The summed E-state index contributed by atoms with van der Waals surface area (Å²) in [4.78, 5) is 4.16. The number of anilines is 1. The van der Waals surface area contributed by atoms with E-state index in [0.29, 0.717) is 27.8 Å². The molecule has 0 bridgehead atoms. The van der Waals surface area contributed by atoms with Crippen molar-refractivity contribution in [3.8, 4) is 0 Å². The fraction of sp³-hybridized carbons (Fsp3) is 0.364. The number of nitrogens with two attached hydrogens (primary N) is 1. The van der Waals surface area contributed by atoms with E-state index in [2.05, 4.69) is 9.72 Å². The smallest absolute Gasteiger partial charge is 0.411 e. The Morgan fingerprint density at radius 3 is 2.89 bits per heavy atom. The third-order valence-electron chi connectivity index (χ3n) is 2.11. The molecule has 19 heavy (non-hydrogen) atoms. The largest absolute Gasteiger partial charge is 0.431 e. The summed E-state index contributed by atoms with van der Waals surface area (Å²) in [5.41, 5.74) is 7.37. The van der Waals surface area contributed by atoms with Crippen LogP contribution in [0.1, 0.15) is 0 Å². The number of rotatable bonds is 5. The van der Waals surface area contributed by atoms with Crippen LogP contribution in [0.5, 0.6) is 0 Å². The lowest BCUT2D eigenvalue weighted by Crippen LogP contribution is -2.17. The zero-order chi connectivity index (χ0) is 13.9.